The third kappa shape index (κ3) is 3.28. The van der Waals surface area contributed by atoms with E-state index >= 15 is 0 Å². The molecule has 28 heavy (non-hydrogen) atoms. The van der Waals surface area contributed by atoms with Crippen LogP contribution in [0.2, 0.25) is 0 Å². The minimum Gasteiger partial charge on any atom is -0.345 e. The number of rotatable bonds is 3. The minimum absolute atomic E-state index is 0.0373. The van der Waals surface area contributed by atoms with Gasteiger partial charge in [-0.25, -0.2) is 4.52 Å². The number of carbonyl (C=O) groups is 1. The summed E-state index contributed by atoms with van der Waals surface area (Å²) in [6.45, 7) is 1.18. The molecule has 0 radical (unpaired) electrons. The van der Waals surface area contributed by atoms with E-state index in [0.717, 1.165) is 18.5 Å². The lowest BCUT2D eigenvalue weighted by atomic mass is 9.93. The molecule has 0 atom stereocenters. The molecule has 2 aromatic heterocycles. The van der Waals surface area contributed by atoms with Crippen LogP contribution in [0.25, 0.3) is 16.8 Å². The molecule has 3 heterocycles. The summed E-state index contributed by atoms with van der Waals surface area (Å²) in [4.78, 5) is 27.5. The number of amides is 1. The lowest BCUT2D eigenvalue weighted by Crippen LogP contribution is -2.32. The Hall–Kier alpha value is -3.10. The number of carbonyl (C=O) groups excluding carboxylic acids is 1. The van der Waals surface area contributed by atoms with Crippen molar-refractivity contribution in [2.24, 2.45) is 0 Å². The normalized spacial score (nSPS) is 15.9. The van der Waals surface area contributed by atoms with Gasteiger partial charge in [0.25, 0.3) is 5.56 Å². The zero-order chi connectivity index (χ0) is 19.9. The fraction of sp³-hybridized carbons (Fsp3) is 0.316. The maximum atomic E-state index is 13.0. The van der Waals surface area contributed by atoms with Gasteiger partial charge in [0.1, 0.15) is 5.65 Å². The van der Waals surface area contributed by atoms with Crippen LogP contribution in [0.5, 0.6) is 0 Å². The average molecular weight is 390 g/mol. The molecular weight excluding hydrogens is 373 g/mol. The molecule has 1 aliphatic rings. The maximum Gasteiger partial charge on any atom is 0.416 e. The first kappa shape index (κ1) is 18.3. The van der Waals surface area contributed by atoms with Crippen LogP contribution >= 0.6 is 0 Å². The molecule has 0 saturated carbocycles. The summed E-state index contributed by atoms with van der Waals surface area (Å²) in [7, 11) is 0. The van der Waals surface area contributed by atoms with Gasteiger partial charge >= 0.3 is 6.18 Å². The molecule has 0 bridgehead atoms. The van der Waals surface area contributed by atoms with Crippen LogP contribution in [0.1, 0.15) is 30.0 Å². The van der Waals surface area contributed by atoms with Crippen molar-refractivity contribution in [3.63, 3.8) is 0 Å². The molecule has 0 spiro atoms. The summed E-state index contributed by atoms with van der Waals surface area (Å²) in [5.74, 6) is 0.0373. The first-order valence-electron chi connectivity index (χ1n) is 8.85. The van der Waals surface area contributed by atoms with Crippen LogP contribution in [0, 0.1) is 0 Å². The fourth-order valence-corrected chi connectivity index (χ4v) is 3.68. The van der Waals surface area contributed by atoms with Gasteiger partial charge in [0.2, 0.25) is 6.41 Å². The Morgan fingerprint density at radius 1 is 1.18 bits per heavy atom. The van der Waals surface area contributed by atoms with Gasteiger partial charge in [-0.15, -0.1) is 0 Å². The topological polar surface area (TPSA) is 70.5 Å². The van der Waals surface area contributed by atoms with E-state index in [1.165, 1.54) is 18.3 Å². The third-order valence-corrected chi connectivity index (χ3v) is 5.13. The molecular formula is C19H17F3N4O2. The van der Waals surface area contributed by atoms with Gasteiger partial charge in [-0.1, -0.05) is 12.1 Å². The second-order valence-corrected chi connectivity index (χ2v) is 6.87. The molecule has 146 valence electrons. The predicted molar refractivity (Wildman–Crippen MR) is 95.9 cm³/mol. The highest BCUT2D eigenvalue weighted by Crippen LogP contribution is 2.34. The highest BCUT2D eigenvalue weighted by atomic mass is 19.4. The number of nitrogens with one attached hydrogen (secondary N) is 1. The van der Waals surface area contributed by atoms with E-state index in [4.69, 9.17) is 0 Å². The van der Waals surface area contributed by atoms with Crippen LogP contribution in [-0.2, 0) is 11.0 Å². The van der Waals surface area contributed by atoms with E-state index in [9.17, 15) is 22.8 Å². The molecule has 1 aliphatic heterocycles. The van der Waals surface area contributed by atoms with Gasteiger partial charge in [-0.05, 0) is 30.5 Å². The Balaban J connectivity index is 1.78. The molecule has 3 aromatic rings. The number of nitrogens with zero attached hydrogens (tertiary/aromatic N) is 3. The van der Waals surface area contributed by atoms with E-state index in [0.29, 0.717) is 48.4 Å². The molecule has 1 fully saturated rings. The van der Waals surface area contributed by atoms with Crippen molar-refractivity contribution in [1.29, 1.82) is 0 Å². The second kappa shape index (κ2) is 6.81. The van der Waals surface area contributed by atoms with Crippen molar-refractivity contribution < 1.29 is 18.0 Å². The summed E-state index contributed by atoms with van der Waals surface area (Å²) in [5, 5.41) is 4.32. The fourth-order valence-electron chi connectivity index (χ4n) is 3.68. The molecule has 9 heteroatoms. The number of fused-ring (bicyclic) bond motifs is 1. The highest BCUT2D eigenvalue weighted by Gasteiger charge is 2.31. The molecule has 1 N–H and O–H groups in total. The van der Waals surface area contributed by atoms with Gasteiger partial charge in [-0.2, -0.15) is 18.3 Å². The van der Waals surface area contributed by atoms with Crippen molar-refractivity contribution >= 4 is 12.1 Å². The summed E-state index contributed by atoms with van der Waals surface area (Å²) in [5.41, 5.74) is 0.712. The van der Waals surface area contributed by atoms with Crippen molar-refractivity contribution in [3.05, 3.63) is 58.1 Å². The number of aromatic amines is 1. The van der Waals surface area contributed by atoms with Crippen LogP contribution in [-0.4, -0.2) is 39.0 Å². The molecule has 1 aromatic carbocycles. The number of hydrogen-bond acceptors (Lipinski definition) is 3. The molecule has 1 saturated heterocycles. The summed E-state index contributed by atoms with van der Waals surface area (Å²) < 4.78 is 40.7. The lowest BCUT2D eigenvalue weighted by molar-refractivity contribution is -0.137. The predicted octanol–water partition coefficient (Wildman–Crippen LogP) is 3.04. The van der Waals surface area contributed by atoms with Crippen molar-refractivity contribution in [1.82, 2.24) is 19.5 Å². The Morgan fingerprint density at radius 2 is 1.93 bits per heavy atom. The van der Waals surface area contributed by atoms with Crippen molar-refractivity contribution in [3.8, 4) is 11.1 Å². The summed E-state index contributed by atoms with van der Waals surface area (Å²) in [6, 6.07) is 6.41. The van der Waals surface area contributed by atoms with Gasteiger partial charge < -0.3 is 9.88 Å². The number of alkyl halides is 3. The lowest BCUT2D eigenvalue weighted by Gasteiger charge is -2.29. The standard InChI is InChI=1S/C19H17F3N4O2/c20-19(21,22)14-3-1-2-13(8-14)15-10-23-26-16(9-17(28)24-18(15)26)12-4-6-25(11-27)7-5-12/h1-3,8-12H,4-7H2,(H,24,28). The smallest absolute Gasteiger partial charge is 0.345 e. The third-order valence-electron chi connectivity index (χ3n) is 5.13. The second-order valence-electron chi connectivity index (χ2n) is 6.87. The SMILES string of the molecule is O=CN1CCC(c2cc(=O)[nH]c3c(-c4cccc(C(F)(F)F)c4)cnn23)CC1. The van der Waals surface area contributed by atoms with E-state index in [2.05, 4.69) is 10.1 Å². The Bertz CT molecular complexity index is 1080. The summed E-state index contributed by atoms with van der Waals surface area (Å²) >= 11 is 0. The Morgan fingerprint density at radius 3 is 2.61 bits per heavy atom. The van der Waals surface area contributed by atoms with Crippen LogP contribution in [0.4, 0.5) is 13.2 Å². The van der Waals surface area contributed by atoms with E-state index in [-0.39, 0.29) is 11.5 Å². The maximum absolute atomic E-state index is 13.0. The molecule has 6 nitrogen and oxygen atoms in total. The molecule has 0 aliphatic carbocycles. The van der Waals surface area contributed by atoms with Crippen molar-refractivity contribution in [2.45, 2.75) is 24.9 Å². The monoisotopic (exact) mass is 390 g/mol. The molecule has 1 amide bonds. The van der Waals surface area contributed by atoms with Gasteiger partial charge in [0, 0.05) is 30.6 Å². The zero-order valence-electron chi connectivity index (χ0n) is 14.7. The van der Waals surface area contributed by atoms with E-state index in [1.807, 2.05) is 0 Å². The first-order valence-corrected chi connectivity index (χ1v) is 8.85. The van der Waals surface area contributed by atoms with E-state index in [1.54, 1.807) is 15.5 Å². The molecule has 4 rings (SSSR count). The van der Waals surface area contributed by atoms with E-state index < -0.39 is 11.7 Å². The molecule has 0 unspecified atom stereocenters. The number of likely N-dealkylation sites (tertiary alicyclic amines) is 1. The summed E-state index contributed by atoms with van der Waals surface area (Å²) in [6.07, 6.45) is -0.801. The van der Waals surface area contributed by atoms with Crippen molar-refractivity contribution in [2.75, 3.05) is 13.1 Å². The largest absolute Gasteiger partial charge is 0.416 e. The number of piperidine rings is 1. The van der Waals surface area contributed by atoms with Gasteiger partial charge in [0.05, 0.1) is 17.5 Å². The number of halogens is 3. The number of benzene rings is 1. The van der Waals surface area contributed by atoms with Crippen LogP contribution < -0.4 is 5.56 Å². The highest BCUT2D eigenvalue weighted by molar-refractivity contribution is 5.77. The quantitative estimate of drug-likeness (QED) is 0.699. The van der Waals surface area contributed by atoms with Gasteiger partial charge in [0.15, 0.2) is 0 Å². The Kier molecular flexibility index (Phi) is 4.44. The first-order chi connectivity index (χ1) is 13.4. The number of aromatic nitrogens is 3. The number of H-pyrrole nitrogens is 1. The van der Waals surface area contributed by atoms with Gasteiger partial charge in [-0.3, -0.25) is 9.59 Å². The van der Waals surface area contributed by atoms with Crippen LogP contribution in [0.15, 0.2) is 41.3 Å². The van der Waals surface area contributed by atoms with Crippen LogP contribution in [0.3, 0.4) is 0 Å². The minimum atomic E-state index is -4.45. The average Bonchev–Trinajstić information content (AvgIpc) is 3.10. The number of hydrogen-bond donors (Lipinski definition) is 1. The Labute approximate surface area is 157 Å². The zero-order valence-corrected chi connectivity index (χ0v) is 14.7.